The van der Waals surface area contributed by atoms with Crippen LogP contribution in [0.15, 0.2) is 52.3 Å². The predicted molar refractivity (Wildman–Crippen MR) is 106 cm³/mol. The number of para-hydroxylation sites is 1. The summed E-state index contributed by atoms with van der Waals surface area (Å²) in [5.74, 6) is -0.746. The molecule has 5 nitrogen and oxygen atoms in total. The number of carbonyl (C=O) groups excluding carboxylic acids is 1. The molecule has 1 aliphatic rings. The Bertz CT molecular complexity index is 963. The van der Waals surface area contributed by atoms with Gasteiger partial charge in [-0.3, -0.25) is 9.10 Å². The molecule has 0 spiro atoms. The molecule has 27 heavy (non-hydrogen) atoms. The number of thioether (sulfide) groups is 1. The number of hydrogen-bond acceptors (Lipinski definition) is 4. The molecule has 2 aromatic rings. The Kier molecular flexibility index (Phi) is 5.76. The number of hydrogen-bond donors (Lipinski definition) is 1. The lowest BCUT2D eigenvalue weighted by Gasteiger charge is -2.25. The third-order valence-corrected chi connectivity index (χ3v) is 7.15. The zero-order valence-electron chi connectivity index (χ0n) is 15.1. The van der Waals surface area contributed by atoms with E-state index in [2.05, 4.69) is 5.32 Å². The van der Waals surface area contributed by atoms with Crippen LogP contribution in [0.1, 0.15) is 26.7 Å². The maximum Gasteiger partial charge on any atom is 0.264 e. The highest BCUT2D eigenvalue weighted by molar-refractivity contribution is 8.00. The predicted octanol–water partition coefficient (Wildman–Crippen LogP) is 4.25. The first-order chi connectivity index (χ1) is 12.8. The van der Waals surface area contributed by atoms with Crippen LogP contribution in [0.3, 0.4) is 0 Å². The first-order valence-electron chi connectivity index (χ1n) is 8.70. The molecule has 0 saturated carbocycles. The molecule has 1 heterocycles. The van der Waals surface area contributed by atoms with E-state index in [9.17, 15) is 17.6 Å². The molecule has 1 amide bonds. The Morgan fingerprint density at radius 3 is 2.70 bits per heavy atom. The first-order valence-corrected chi connectivity index (χ1v) is 11.0. The highest BCUT2D eigenvalue weighted by atomic mass is 32.2. The van der Waals surface area contributed by atoms with Gasteiger partial charge in [-0.05, 0) is 36.8 Å². The number of fused-ring (bicyclic) bond motifs is 1. The summed E-state index contributed by atoms with van der Waals surface area (Å²) in [5.41, 5.74) is 0.488. The summed E-state index contributed by atoms with van der Waals surface area (Å²) in [6.07, 6.45) is 0.890. The van der Waals surface area contributed by atoms with Gasteiger partial charge in [-0.1, -0.05) is 26.0 Å². The molecule has 1 unspecified atom stereocenters. The molecule has 0 saturated heterocycles. The van der Waals surface area contributed by atoms with Crippen LogP contribution < -0.4 is 9.62 Å². The van der Waals surface area contributed by atoms with Crippen LogP contribution in [0.25, 0.3) is 0 Å². The number of nitrogens with zero attached hydrogens (tertiary/aromatic N) is 1. The topological polar surface area (TPSA) is 66.5 Å². The molecule has 0 aromatic heterocycles. The molecule has 3 rings (SSSR count). The summed E-state index contributed by atoms with van der Waals surface area (Å²) in [5, 5.41) is 2.87. The van der Waals surface area contributed by atoms with Gasteiger partial charge in [0.1, 0.15) is 5.82 Å². The number of amides is 1. The van der Waals surface area contributed by atoms with Crippen LogP contribution in [-0.4, -0.2) is 26.1 Å². The fourth-order valence-electron chi connectivity index (χ4n) is 2.95. The molecule has 0 fully saturated rings. The molecule has 144 valence electrons. The van der Waals surface area contributed by atoms with Crippen molar-refractivity contribution in [2.24, 2.45) is 0 Å². The van der Waals surface area contributed by atoms with Gasteiger partial charge in [-0.15, -0.1) is 11.8 Å². The second-order valence-electron chi connectivity index (χ2n) is 6.37. The van der Waals surface area contributed by atoms with Crippen molar-refractivity contribution in [2.45, 2.75) is 41.7 Å². The van der Waals surface area contributed by atoms with Crippen molar-refractivity contribution < 1.29 is 17.6 Å². The van der Waals surface area contributed by atoms with Crippen LogP contribution in [0.4, 0.5) is 15.8 Å². The second-order valence-corrected chi connectivity index (χ2v) is 9.71. The van der Waals surface area contributed by atoms with Crippen LogP contribution in [0, 0.1) is 5.82 Å². The molecule has 0 aliphatic carbocycles. The lowest BCUT2D eigenvalue weighted by molar-refractivity contribution is -0.116. The Balaban J connectivity index is 2.05. The summed E-state index contributed by atoms with van der Waals surface area (Å²) >= 11 is 1.52. The third kappa shape index (κ3) is 4.11. The summed E-state index contributed by atoms with van der Waals surface area (Å²) in [4.78, 5) is 12.8. The standard InChI is InChI=1S/C19H21FN2O3S2/c1-3-10-22(17-7-5-4-6-15(17)20)27(24,25)14-8-9-18-16(12-14)21-19(23)11-13(2)26-18/h4-9,12-13H,3,10-11H2,1-2H3,(H,21,23). The largest absolute Gasteiger partial charge is 0.325 e. The molecular formula is C19H21FN2O3S2. The number of rotatable bonds is 5. The molecule has 8 heteroatoms. The first kappa shape index (κ1) is 19.7. The van der Waals surface area contributed by atoms with Crippen molar-refractivity contribution in [3.05, 3.63) is 48.3 Å². The highest BCUT2D eigenvalue weighted by Gasteiger charge is 2.28. The van der Waals surface area contributed by atoms with Gasteiger partial charge in [-0.25, -0.2) is 12.8 Å². The maximum atomic E-state index is 14.3. The van der Waals surface area contributed by atoms with E-state index in [1.807, 2.05) is 13.8 Å². The van der Waals surface area contributed by atoms with E-state index >= 15 is 0 Å². The highest BCUT2D eigenvalue weighted by Crippen LogP contribution is 2.37. The van der Waals surface area contributed by atoms with Gasteiger partial charge >= 0.3 is 0 Å². The number of halogens is 1. The minimum absolute atomic E-state index is 0.0151. The van der Waals surface area contributed by atoms with Crippen molar-refractivity contribution in [1.82, 2.24) is 0 Å². The molecule has 1 atom stereocenters. The van der Waals surface area contributed by atoms with Gasteiger partial charge in [0.05, 0.1) is 16.3 Å². The summed E-state index contributed by atoms with van der Waals surface area (Å²) in [6, 6.07) is 10.5. The van der Waals surface area contributed by atoms with Gasteiger partial charge in [0.15, 0.2) is 0 Å². The molecule has 2 aromatic carbocycles. The van der Waals surface area contributed by atoms with Gasteiger partial charge < -0.3 is 5.32 Å². The average Bonchev–Trinajstić information content (AvgIpc) is 2.75. The molecular weight excluding hydrogens is 387 g/mol. The minimum Gasteiger partial charge on any atom is -0.325 e. The quantitative estimate of drug-likeness (QED) is 0.803. The van der Waals surface area contributed by atoms with E-state index in [0.717, 1.165) is 9.20 Å². The van der Waals surface area contributed by atoms with Crippen molar-refractivity contribution in [3.63, 3.8) is 0 Å². The number of nitrogens with one attached hydrogen (secondary N) is 1. The molecule has 1 aliphatic heterocycles. The van der Waals surface area contributed by atoms with E-state index in [1.54, 1.807) is 12.1 Å². The van der Waals surface area contributed by atoms with Gasteiger partial charge in [0.2, 0.25) is 5.91 Å². The fraction of sp³-hybridized carbons (Fsp3) is 0.316. The smallest absolute Gasteiger partial charge is 0.264 e. The Labute approximate surface area is 163 Å². The summed E-state index contributed by atoms with van der Waals surface area (Å²) < 4.78 is 41.8. The van der Waals surface area contributed by atoms with E-state index in [1.165, 1.54) is 42.1 Å². The van der Waals surface area contributed by atoms with Crippen LogP contribution in [-0.2, 0) is 14.8 Å². The molecule has 0 radical (unpaired) electrons. The summed E-state index contributed by atoms with van der Waals surface area (Å²) in [6.45, 7) is 3.93. The summed E-state index contributed by atoms with van der Waals surface area (Å²) in [7, 11) is -3.98. The van der Waals surface area contributed by atoms with Crippen molar-refractivity contribution >= 4 is 39.1 Å². The maximum absolute atomic E-state index is 14.3. The zero-order valence-corrected chi connectivity index (χ0v) is 16.7. The number of carbonyl (C=O) groups is 1. The monoisotopic (exact) mass is 408 g/mol. The zero-order chi connectivity index (χ0) is 19.6. The van der Waals surface area contributed by atoms with Crippen molar-refractivity contribution in [3.8, 4) is 0 Å². The van der Waals surface area contributed by atoms with Crippen LogP contribution in [0.5, 0.6) is 0 Å². The fourth-order valence-corrected chi connectivity index (χ4v) is 5.59. The Morgan fingerprint density at radius 1 is 1.26 bits per heavy atom. The lowest BCUT2D eigenvalue weighted by Crippen LogP contribution is -2.32. The number of sulfonamides is 1. The van der Waals surface area contributed by atoms with Crippen LogP contribution in [0.2, 0.25) is 0 Å². The minimum atomic E-state index is -3.98. The van der Waals surface area contributed by atoms with Gasteiger partial charge in [0, 0.05) is 23.1 Å². The van der Waals surface area contributed by atoms with Gasteiger partial charge in [0.25, 0.3) is 10.0 Å². The van der Waals surface area contributed by atoms with E-state index in [0.29, 0.717) is 18.5 Å². The molecule has 0 bridgehead atoms. The lowest BCUT2D eigenvalue weighted by atomic mass is 10.3. The normalized spacial score (nSPS) is 17.0. The van der Waals surface area contributed by atoms with Crippen molar-refractivity contribution in [1.29, 1.82) is 0 Å². The van der Waals surface area contributed by atoms with E-state index < -0.39 is 15.8 Å². The third-order valence-electron chi connectivity index (χ3n) is 4.16. The Morgan fingerprint density at radius 2 is 2.00 bits per heavy atom. The average molecular weight is 409 g/mol. The van der Waals surface area contributed by atoms with E-state index in [4.69, 9.17) is 0 Å². The van der Waals surface area contributed by atoms with E-state index in [-0.39, 0.29) is 28.3 Å². The van der Waals surface area contributed by atoms with Gasteiger partial charge in [-0.2, -0.15) is 0 Å². The van der Waals surface area contributed by atoms with Crippen molar-refractivity contribution in [2.75, 3.05) is 16.2 Å². The Hall–Kier alpha value is -2.06. The number of anilines is 2. The SMILES string of the molecule is CCCN(c1ccccc1F)S(=O)(=O)c1ccc2c(c1)NC(=O)CC(C)S2. The second kappa shape index (κ2) is 7.90. The van der Waals surface area contributed by atoms with Crippen LogP contribution >= 0.6 is 11.8 Å². The number of benzene rings is 2. The molecule has 1 N–H and O–H groups in total.